The van der Waals surface area contributed by atoms with Gasteiger partial charge in [0.15, 0.2) is 9.84 Å². The minimum Gasteiger partial charge on any atom is -0.367 e. The van der Waals surface area contributed by atoms with Crippen LogP contribution < -0.4 is 5.32 Å². The number of hydrogen-bond acceptors (Lipinski definition) is 5. The summed E-state index contributed by atoms with van der Waals surface area (Å²) in [4.78, 5) is 8.77. The van der Waals surface area contributed by atoms with Crippen molar-refractivity contribution in [3.63, 3.8) is 0 Å². The van der Waals surface area contributed by atoms with Crippen molar-refractivity contribution in [2.45, 2.75) is 50.5 Å². The Hall–Kier alpha value is -1.69. The molecule has 0 radical (unpaired) electrons. The molecule has 22 heavy (non-hydrogen) atoms. The minimum absolute atomic E-state index is 0.284. The zero-order chi connectivity index (χ0) is 16.2. The summed E-state index contributed by atoms with van der Waals surface area (Å²) in [6.07, 6.45) is 7.35. The Balaban J connectivity index is 2.29. The molecule has 0 aliphatic carbocycles. The molecule has 120 valence electrons. The third-order valence-electron chi connectivity index (χ3n) is 3.66. The summed E-state index contributed by atoms with van der Waals surface area (Å²) in [7, 11) is -3.24. The number of sulfone groups is 1. The molecular formula is C16H23N3O2S. The van der Waals surface area contributed by atoms with Crippen LogP contribution in [0.1, 0.15) is 39.5 Å². The first-order chi connectivity index (χ1) is 10.4. The Morgan fingerprint density at radius 2 is 2.00 bits per heavy atom. The maximum atomic E-state index is 11.7. The van der Waals surface area contributed by atoms with Crippen molar-refractivity contribution in [2.24, 2.45) is 0 Å². The number of unbranched alkanes of at least 4 members (excludes halogenated alkanes) is 2. The van der Waals surface area contributed by atoms with Gasteiger partial charge in [-0.3, -0.25) is 0 Å². The molecule has 0 aliphatic rings. The van der Waals surface area contributed by atoms with E-state index in [-0.39, 0.29) is 10.9 Å². The number of aromatic nitrogens is 2. The van der Waals surface area contributed by atoms with Gasteiger partial charge in [0, 0.05) is 17.7 Å². The van der Waals surface area contributed by atoms with Crippen molar-refractivity contribution in [1.82, 2.24) is 9.97 Å². The number of anilines is 1. The lowest BCUT2D eigenvalue weighted by molar-refractivity contribution is 0.602. The van der Waals surface area contributed by atoms with Crippen molar-refractivity contribution >= 4 is 26.6 Å². The summed E-state index contributed by atoms with van der Waals surface area (Å²) in [6.45, 7) is 4.30. The van der Waals surface area contributed by atoms with Gasteiger partial charge in [-0.2, -0.15) is 0 Å². The summed E-state index contributed by atoms with van der Waals surface area (Å²) >= 11 is 0. The second kappa shape index (κ2) is 7.05. The average Bonchev–Trinajstić information content (AvgIpc) is 2.46. The summed E-state index contributed by atoms with van der Waals surface area (Å²) in [5.74, 6) is 0.694. The van der Waals surface area contributed by atoms with Gasteiger partial charge in [0.25, 0.3) is 0 Å². The molecule has 1 aromatic carbocycles. The number of fused-ring (bicyclic) bond motifs is 1. The van der Waals surface area contributed by atoms with Crippen LogP contribution >= 0.6 is 0 Å². The third kappa shape index (κ3) is 4.16. The molecule has 1 atom stereocenters. The van der Waals surface area contributed by atoms with E-state index in [2.05, 4.69) is 29.1 Å². The first-order valence-electron chi connectivity index (χ1n) is 7.63. The predicted octanol–water partition coefficient (Wildman–Crippen LogP) is 3.41. The van der Waals surface area contributed by atoms with Crippen molar-refractivity contribution in [3.8, 4) is 0 Å². The third-order valence-corrected chi connectivity index (χ3v) is 4.77. The zero-order valence-corrected chi connectivity index (χ0v) is 14.2. The van der Waals surface area contributed by atoms with Crippen molar-refractivity contribution < 1.29 is 8.42 Å². The fourth-order valence-electron chi connectivity index (χ4n) is 2.39. The van der Waals surface area contributed by atoms with E-state index in [1.165, 1.54) is 31.8 Å². The van der Waals surface area contributed by atoms with E-state index >= 15 is 0 Å². The van der Waals surface area contributed by atoms with E-state index in [9.17, 15) is 8.42 Å². The minimum atomic E-state index is -3.24. The van der Waals surface area contributed by atoms with Gasteiger partial charge in [0.1, 0.15) is 12.1 Å². The summed E-state index contributed by atoms with van der Waals surface area (Å²) in [5.41, 5.74) is 0.741. The molecule has 1 aromatic heterocycles. The number of benzene rings is 1. The first kappa shape index (κ1) is 16.7. The Bertz CT molecular complexity index is 744. The van der Waals surface area contributed by atoms with Gasteiger partial charge in [-0.05, 0) is 31.5 Å². The highest BCUT2D eigenvalue weighted by Gasteiger charge is 2.12. The van der Waals surface area contributed by atoms with Crippen LogP contribution in [0.15, 0.2) is 29.4 Å². The van der Waals surface area contributed by atoms with Crippen molar-refractivity contribution in [3.05, 3.63) is 24.5 Å². The molecule has 1 N–H and O–H groups in total. The Labute approximate surface area is 132 Å². The Kier molecular flexibility index (Phi) is 5.34. The molecule has 0 saturated carbocycles. The lowest BCUT2D eigenvalue weighted by atomic mass is 10.1. The van der Waals surface area contributed by atoms with E-state index in [0.29, 0.717) is 5.82 Å². The van der Waals surface area contributed by atoms with Gasteiger partial charge >= 0.3 is 0 Å². The molecule has 0 saturated heterocycles. The monoisotopic (exact) mass is 321 g/mol. The molecule has 1 heterocycles. The Morgan fingerprint density at radius 1 is 1.23 bits per heavy atom. The van der Waals surface area contributed by atoms with E-state index < -0.39 is 9.84 Å². The van der Waals surface area contributed by atoms with Crippen LogP contribution in [0.3, 0.4) is 0 Å². The predicted molar refractivity (Wildman–Crippen MR) is 89.9 cm³/mol. The molecule has 0 spiro atoms. The number of nitrogens with zero attached hydrogens (tertiary/aromatic N) is 2. The van der Waals surface area contributed by atoms with Gasteiger partial charge in [-0.1, -0.05) is 26.2 Å². The Morgan fingerprint density at radius 3 is 2.68 bits per heavy atom. The SMILES string of the molecule is CCCCCC(C)Nc1ncnc2ccc(S(C)(=O)=O)cc12. The number of rotatable bonds is 7. The van der Waals surface area contributed by atoms with Gasteiger partial charge in [0.2, 0.25) is 0 Å². The number of hydrogen-bond donors (Lipinski definition) is 1. The van der Waals surface area contributed by atoms with E-state index in [1.807, 2.05) is 0 Å². The van der Waals surface area contributed by atoms with Crippen LogP contribution in [-0.2, 0) is 9.84 Å². The molecule has 5 nitrogen and oxygen atoms in total. The highest BCUT2D eigenvalue weighted by molar-refractivity contribution is 7.90. The normalized spacial score (nSPS) is 13.2. The van der Waals surface area contributed by atoms with Crippen LogP contribution in [-0.4, -0.2) is 30.7 Å². The van der Waals surface area contributed by atoms with Crippen LogP contribution in [0.2, 0.25) is 0 Å². The lowest BCUT2D eigenvalue weighted by Gasteiger charge is -2.15. The standard InChI is InChI=1S/C16H23N3O2S/c1-4-5-6-7-12(2)19-16-14-10-13(22(3,20)21)8-9-15(14)17-11-18-16/h8-12H,4-7H2,1-3H3,(H,17,18,19). The topological polar surface area (TPSA) is 72.0 Å². The lowest BCUT2D eigenvalue weighted by Crippen LogP contribution is -2.16. The highest BCUT2D eigenvalue weighted by atomic mass is 32.2. The van der Waals surface area contributed by atoms with Gasteiger partial charge < -0.3 is 5.32 Å². The molecule has 2 rings (SSSR count). The second-order valence-corrected chi connectivity index (χ2v) is 7.73. The fraction of sp³-hybridized carbons (Fsp3) is 0.500. The molecule has 1 unspecified atom stereocenters. The van der Waals surface area contributed by atoms with Gasteiger partial charge in [0.05, 0.1) is 10.4 Å². The fourth-order valence-corrected chi connectivity index (χ4v) is 3.03. The van der Waals surface area contributed by atoms with E-state index in [4.69, 9.17) is 0 Å². The van der Waals surface area contributed by atoms with Crippen molar-refractivity contribution in [2.75, 3.05) is 11.6 Å². The smallest absolute Gasteiger partial charge is 0.175 e. The van der Waals surface area contributed by atoms with Crippen LogP contribution in [0.4, 0.5) is 5.82 Å². The number of nitrogens with one attached hydrogen (secondary N) is 1. The highest BCUT2D eigenvalue weighted by Crippen LogP contribution is 2.24. The maximum Gasteiger partial charge on any atom is 0.175 e. The van der Waals surface area contributed by atoms with Crippen LogP contribution in [0.5, 0.6) is 0 Å². The van der Waals surface area contributed by atoms with Crippen LogP contribution in [0.25, 0.3) is 10.9 Å². The molecule has 0 fully saturated rings. The summed E-state index contributed by atoms with van der Waals surface area (Å²) in [6, 6.07) is 5.23. The second-order valence-electron chi connectivity index (χ2n) is 5.71. The van der Waals surface area contributed by atoms with E-state index in [1.54, 1.807) is 18.2 Å². The molecular weight excluding hydrogens is 298 g/mol. The van der Waals surface area contributed by atoms with Crippen molar-refractivity contribution in [1.29, 1.82) is 0 Å². The molecule has 0 amide bonds. The quantitative estimate of drug-likeness (QED) is 0.791. The zero-order valence-electron chi connectivity index (χ0n) is 13.3. The summed E-state index contributed by atoms with van der Waals surface area (Å²) in [5, 5.41) is 4.12. The van der Waals surface area contributed by atoms with E-state index in [0.717, 1.165) is 17.3 Å². The molecule has 2 aromatic rings. The molecule has 0 bridgehead atoms. The van der Waals surface area contributed by atoms with Gasteiger partial charge in [-0.15, -0.1) is 0 Å². The maximum absolute atomic E-state index is 11.7. The molecule has 0 aliphatic heterocycles. The van der Waals surface area contributed by atoms with Crippen LogP contribution in [0, 0.1) is 0 Å². The largest absolute Gasteiger partial charge is 0.367 e. The average molecular weight is 321 g/mol. The first-order valence-corrected chi connectivity index (χ1v) is 9.52. The van der Waals surface area contributed by atoms with Gasteiger partial charge in [-0.25, -0.2) is 18.4 Å². The summed E-state index contributed by atoms with van der Waals surface area (Å²) < 4.78 is 23.4. The molecule has 6 heteroatoms.